The van der Waals surface area contributed by atoms with E-state index in [1.54, 1.807) is 42.5 Å². The van der Waals surface area contributed by atoms with E-state index < -0.39 is 11.9 Å². The number of hydrogen-bond acceptors (Lipinski definition) is 4. The fourth-order valence-electron chi connectivity index (χ4n) is 2.66. The zero-order chi connectivity index (χ0) is 16.5. The van der Waals surface area contributed by atoms with Gasteiger partial charge in [-0.3, -0.25) is 4.79 Å². The summed E-state index contributed by atoms with van der Waals surface area (Å²) in [5, 5.41) is 0. The molecule has 5 heteroatoms. The van der Waals surface area contributed by atoms with Crippen LogP contribution < -0.4 is 4.74 Å². The van der Waals surface area contributed by atoms with E-state index in [9.17, 15) is 9.18 Å². The lowest BCUT2D eigenvalue weighted by Gasteiger charge is -2.01. The molecule has 1 aromatic heterocycles. The van der Waals surface area contributed by atoms with Gasteiger partial charge >= 0.3 is 5.97 Å². The number of benzene rings is 2. The minimum atomic E-state index is -0.621. The Morgan fingerprint density at radius 2 is 1.83 bits per heavy atom. The highest BCUT2D eigenvalue weighted by Crippen LogP contribution is 2.39. The first-order valence-electron chi connectivity index (χ1n) is 7.41. The molecule has 1 unspecified atom stereocenters. The minimum Gasteiger partial charge on any atom is -0.441 e. The van der Waals surface area contributed by atoms with Crippen molar-refractivity contribution >= 4 is 18.1 Å². The molecule has 0 radical (unpaired) electrons. The van der Waals surface area contributed by atoms with Crippen LogP contribution in [-0.2, 0) is 4.79 Å². The van der Waals surface area contributed by atoms with Gasteiger partial charge in [-0.2, -0.15) is 0 Å². The molecule has 0 aliphatic carbocycles. The summed E-state index contributed by atoms with van der Waals surface area (Å²) in [4.78, 5) is 16.2. The lowest BCUT2D eigenvalue weighted by atomic mass is 9.99. The van der Waals surface area contributed by atoms with Crippen LogP contribution >= 0.6 is 0 Å². The Labute approximate surface area is 137 Å². The van der Waals surface area contributed by atoms with Gasteiger partial charge in [-0.25, -0.2) is 9.37 Å². The number of ether oxygens (including phenoxy) is 1. The van der Waals surface area contributed by atoms with Crippen molar-refractivity contribution in [1.29, 1.82) is 0 Å². The molecule has 1 aliphatic rings. The third-order valence-corrected chi connectivity index (χ3v) is 3.81. The van der Waals surface area contributed by atoms with Crippen molar-refractivity contribution in [2.45, 2.75) is 5.92 Å². The van der Waals surface area contributed by atoms with Gasteiger partial charge in [0, 0.05) is 17.2 Å². The van der Waals surface area contributed by atoms with Crippen molar-refractivity contribution < 1.29 is 18.3 Å². The molecular weight excluding hydrogens is 309 g/mol. The number of oxazole rings is 1. The average molecular weight is 321 g/mol. The number of aromatic nitrogens is 1. The molecule has 3 aromatic rings. The highest BCUT2D eigenvalue weighted by atomic mass is 19.1. The maximum atomic E-state index is 13.6. The van der Waals surface area contributed by atoms with Gasteiger partial charge in [-0.05, 0) is 18.2 Å². The summed E-state index contributed by atoms with van der Waals surface area (Å²) in [6.07, 6.45) is 4.63. The molecule has 0 bridgehead atoms. The van der Waals surface area contributed by atoms with E-state index in [1.165, 1.54) is 12.3 Å². The monoisotopic (exact) mass is 321 g/mol. The molecule has 0 fully saturated rings. The standard InChI is InChI=1S/C19H12FNO3/c20-14-7-3-1-5-12(14)9-10-17-21-11-16(23-17)18-13-6-2-4-8-15(13)24-19(18)22/h1-11,18H/b10-9+. The second-order valence-corrected chi connectivity index (χ2v) is 5.35. The summed E-state index contributed by atoms with van der Waals surface area (Å²) >= 11 is 0. The van der Waals surface area contributed by atoms with E-state index in [2.05, 4.69) is 4.98 Å². The lowest BCUT2D eigenvalue weighted by Crippen LogP contribution is -2.10. The molecule has 0 amide bonds. The number of nitrogens with zero attached hydrogens (tertiary/aromatic N) is 1. The van der Waals surface area contributed by atoms with E-state index in [4.69, 9.17) is 9.15 Å². The zero-order valence-electron chi connectivity index (χ0n) is 12.5. The van der Waals surface area contributed by atoms with Gasteiger partial charge in [0.05, 0.1) is 6.20 Å². The number of fused-ring (bicyclic) bond motifs is 1. The predicted octanol–water partition coefficient (Wildman–Crippen LogP) is 4.04. The van der Waals surface area contributed by atoms with Crippen LogP contribution in [0.4, 0.5) is 4.39 Å². The Balaban J connectivity index is 1.62. The molecule has 4 rings (SSSR count). The summed E-state index contributed by atoms with van der Waals surface area (Å²) in [6, 6.07) is 13.6. The van der Waals surface area contributed by atoms with E-state index in [-0.39, 0.29) is 5.82 Å². The Morgan fingerprint density at radius 1 is 1.04 bits per heavy atom. The quantitative estimate of drug-likeness (QED) is 0.540. The molecule has 2 heterocycles. The maximum absolute atomic E-state index is 13.6. The second kappa shape index (κ2) is 5.77. The van der Waals surface area contributed by atoms with Crippen LogP contribution in [0, 0.1) is 5.82 Å². The fourth-order valence-corrected chi connectivity index (χ4v) is 2.66. The van der Waals surface area contributed by atoms with E-state index in [1.807, 2.05) is 12.1 Å². The Morgan fingerprint density at radius 3 is 2.71 bits per heavy atom. The average Bonchev–Trinajstić information content (AvgIpc) is 3.17. The number of carbonyl (C=O) groups excluding carboxylic acids is 1. The first kappa shape index (κ1) is 14.4. The number of carbonyl (C=O) groups is 1. The largest absolute Gasteiger partial charge is 0.441 e. The van der Waals surface area contributed by atoms with Crippen LogP contribution in [0.2, 0.25) is 0 Å². The number of hydrogen-bond donors (Lipinski definition) is 0. The molecule has 1 aliphatic heterocycles. The molecule has 0 spiro atoms. The highest BCUT2D eigenvalue weighted by Gasteiger charge is 2.36. The Hall–Kier alpha value is -3.21. The molecule has 1 atom stereocenters. The molecule has 0 saturated heterocycles. The molecule has 118 valence electrons. The number of para-hydroxylation sites is 1. The summed E-state index contributed by atoms with van der Waals surface area (Å²) in [5.41, 5.74) is 1.19. The van der Waals surface area contributed by atoms with Gasteiger partial charge in [-0.1, -0.05) is 36.4 Å². The normalized spacial score (nSPS) is 16.4. The van der Waals surface area contributed by atoms with Crippen molar-refractivity contribution in [1.82, 2.24) is 4.98 Å². The number of rotatable bonds is 3. The molecular formula is C19H12FNO3. The van der Waals surface area contributed by atoms with E-state index in [0.29, 0.717) is 23.0 Å². The van der Waals surface area contributed by atoms with Gasteiger partial charge in [0.25, 0.3) is 0 Å². The second-order valence-electron chi connectivity index (χ2n) is 5.35. The van der Waals surface area contributed by atoms with Crippen LogP contribution in [0.15, 0.2) is 59.1 Å². The molecule has 2 aromatic carbocycles. The first-order valence-corrected chi connectivity index (χ1v) is 7.41. The lowest BCUT2D eigenvalue weighted by molar-refractivity contribution is -0.133. The smallest absolute Gasteiger partial charge is 0.326 e. The SMILES string of the molecule is O=C1Oc2ccccc2C1c1cnc(/C=C/c2ccccc2F)o1. The van der Waals surface area contributed by atoms with Crippen molar-refractivity contribution in [2.24, 2.45) is 0 Å². The Bertz CT molecular complexity index is 945. The summed E-state index contributed by atoms with van der Waals surface area (Å²) in [7, 11) is 0. The van der Waals surface area contributed by atoms with Gasteiger partial charge in [-0.15, -0.1) is 0 Å². The Kier molecular flexibility index (Phi) is 3.46. The number of halogens is 1. The third-order valence-electron chi connectivity index (χ3n) is 3.81. The summed E-state index contributed by atoms with van der Waals surface area (Å²) in [5.74, 6) is -0.106. The predicted molar refractivity (Wildman–Crippen MR) is 85.8 cm³/mol. The molecule has 4 nitrogen and oxygen atoms in total. The van der Waals surface area contributed by atoms with Gasteiger partial charge < -0.3 is 9.15 Å². The highest BCUT2D eigenvalue weighted by molar-refractivity contribution is 5.88. The van der Waals surface area contributed by atoms with Crippen molar-refractivity contribution in [3.63, 3.8) is 0 Å². The summed E-state index contributed by atoms with van der Waals surface area (Å²) < 4.78 is 24.5. The van der Waals surface area contributed by atoms with Gasteiger partial charge in [0.15, 0.2) is 0 Å². The van der Waals surface area contributed by atoms with Gasteiger partial charge in [0.1, 0.15) is 23.2 Å². The molecule has 0 saturated carbocycles. The molecule has 0 N–H and O–H groups in total. The third kappa shape index (κ3) is 2.50. The number of esters is 1. The van der Waals surface area contributed by atoms with Crippen molar-refractivity contribution in [3.8, 4) is 5.75 Å². The maximum Gasteiger partial charge on any atom is 0.326 e. The van der Waals surface area contributed by atoms with Crippen LogP contribution in [0.1, 0.15) is 28.7 Å². The van der Waals surface area contributed by atoms with Crippen LogP contribution in [-0.4, -0.2) is 11.0 Å². The van der Waals surface area contributed by atoms with Crippen LogP contribution in [0.3, 0.4) is 0 Å². The topological polar surface area (TPSA) is 52.3 Å². The summed E-state index contributed by atoms with van der Waals surface area (Å²) in [6.45, 7) is 0. The molecule has 24 heavy (non-hydrogen) atoms. The first-order chi connectivity index (χ1) is 11.7. The minimum absolute atomic E-state index is 0.297. The van der Waals surface area contributed by atoms with Crippen LogP contribution in [0.25, 0.3) is 12.2 Å². The van der Waals surface area contributed by atoms with Crippen molar-refractivity contribution in [3.05, 3.63) is 83.3 Å². The van der Waals surface area contributed by atoms with E-state index >= 15 is 0 Å². The fraction of sp³-hybridized carbons (Fsp3) is 0.0526. The van der Waals surface area contributed by atoms with Crippen LogP contribution in [0.5, 0.6) is 5.75 Å². The van der Waals surface area contributed by atoms with Gasteiger partial charge in [0.2, 0.25) is 5.89 Å². The van der Waals surface area contributed by atoms with Crippen molar-refractivity contribution in [2.75, 3.05) is 0 Å². The zero-order valence-corrected chi connectivity index (χ0v) is 12.5. The van der Waals surface area contributed by atoms with E-state index in [0.717, 1.165) is 5.56 Å².